The van der Waals surface area contributed by atoms with Gasteiger partial charge in [0.1, 0.15) is 11.6 Å². The van der Waals surface area contributed by atoms with Crippen molar-refractivity contribution in [2.45, 2.75) is 100 Å². The Morgan fingerprint density at radius 1 is 0.729 bits per heavy atom. The van der Waals surface area contributed by atoms with Crippen molar-refractivity contribution in [1.29, 1.82) is 0 Å². The number of aromatic amines is 1. The molecule has 26 heteroatoms. The minimum atomic E-state index is -8.91. The zero-order valence-corrected chi connectivity index (χ0v) is 23.9. The number of ether oxygens (including phenoxy) is 2. The van der Waals surface area contributed by atoms with Crippen LogP contribution in [0.4, 0.5) is 79.4 Å². The van der Waals surface area contributed by atoms with Crippen LogP contribution in [0.25, 0.3) is 0 Å². The highest BCUT2D eigenvalue weighted by Gasteiger charge is 2.96. The van der Waals surface area contributed by atoms with E-state index in [1.54, 1.807) is 4.98 Å². The zero-order valence-electron chi connectivity index (χ0n) is 23.9. The maximum atomic E-state index is 14.3. The van der Waals surface area contributed by atoms with E-state index < -0.39 is 95.7 Å². The maximum absolute atomic E-state index is 14.3. The number of rotatable bonds is 12. The number of hydrogen-bond donors (Lipinski definition) is 2. The largest absolute Gasteiger partial charge is 0.473 e. The monoisotopic (exact) mass is 745 g/mol. The number of esters is 1. The Bertz CT molecular complexity index is 1480. The number of aryl methyl sites for hydroxylation is 2. The molecule has 0 unspecified atom stereocenters. The lowest BCUT2D eigenvalue weighted by Crippen LogP contribution is -2.74. The van der Waals surface area contributed by atoms with Gasteiger partial charge in [0.25, 0.3) is 5.56 Å². The van der Waals surface area contributed by atoms with Gasteiger partial charge in [0.05, 0.1) is 0 Å². The van der Waals surface area contributed by atoms with E-state index in [2.05, 4.69) is 9.47 Å². The Balaban J connectivity index is 3.59. The Hall–Kier alpha value is -3.77. The van der Waals surface area contributed by atoms with Gasteiger partial charge in [-0.05, 0) is 34.1 Å². The van der Waals surface area contributed by atoms with Gasteiger partial charge < -0.3 is 19.4 Å². The molecule has 0 radical (unpaired) electrons. The highest BCUT2D eigenvalue weighted by Crippen LogP contribution is 2.64. The lowest BCUT2D eigenvalue weighted by molar-refractivity contribution is -0.474. The Morgan fingerprint density at radius 2 is 1.15 bits per heavy atom. The van der Waals surface area contributed by atoms with E-state index in [1.165, 1.54) is 5.32 Å². The quantitative estimate of drug-likeness (QED) is 0.211. The molecular weight excluding hydrogens is 725 g/mol. The third-order valence-corrected chi connectivity index (χ3v) is 5.75. The number of alkyl carbamates (subject to hydrolysis) is 1. The number of alkyl halides is 17. The van der Waals surface area contributed by atoms with Gasteiger partial charge in [0.15, 0.2) is 0 Å². The Kier molecular flexibility index (Phi) is 11.1. The lowest BCUT2D eigenvalue weighted by atomic mass is 9.90. The van der Waals surface area contributed by atoms with Crippen LogP contribution in [0.15, 0.2) is 15.8 Å². The first-order valence-electron chi connectivity index (χ1n) is 12.2. The van der Waals surface area contributed by atoms with E-state index in [9.17, 15) is 93.8 Å². The summed E-state index contributed by atoms with van der Waals surface area (Å²) in [6.45, 7) is 3.52. The molecule has 278 valence electrons. The molecule has 1 rings (SSSR count). The molecule has 1 atom stereocenters. The normalized spacial score (nSPS) is 15.2. The van der Waals surface area contributed by atoms with Crippen molar-refractivity contribution < 1.29 is 93.7 Å². The van der Waals surface area contributed by atoms with E-state index in [4.69, 9.17) is 0 Å². The number of nitrogens with one attached hydrogen (secondary N) is 2. The minimum absolute atomic E-state index is 0.237. The van der Waals surface area contributed by atoms with Gasteiger partial charge in [-0.1, -0.05) is 0 Å². The SMILES string of the molecule is Cc1cn(CC[C@H](NC(=O)OC(C)(C)C)C(=O)OC(F)(F)C(F)(F)C(F)(F)C(F)(F)C(F)(F)C(F)(F)C(F)(F)C(F)(F)F)c(=O)[nH]c1=O. The third kappa shape index (κ3) is 7.44. The molecule has 0 aliphatic rings. The second kappa shape index (κ2) is 12.6. The molecule has 1 aromatic heterocycles. The first-order chi connectivity index (χ1) is 20.9. The highest BCUT2D eigenvalue weighted by molar-refractivity contribution is 5.81. The van der Waals surface area contributed by atoms with Gasteiger partial charge in [-0.3, -0.25) is 9.78 Å². The van der Waals surface area contributed by atoms with E-state index in [1.807, 2.05) is 0 Å². The standard InChI is InChI=1S/C22H20F17N3O6/c1-8-7-42(12(45)41-10(8)43)6-5-9(40-13(46)48-14(2,3)4)11(44)47-22(38,39)20(33,34)18(29,30)16(25,26)15(23,24)17(27,28)19(31,32)21(35,36)37/h7,9H,5-6H2,1-4H3,(H,40,46)(H,41,43,45)/t9-/m0/s1. The molecule has 0 aliphatic carbocycles. The van der Waals surface area contributed by atoms with Crippen LogP contribution in [0, 0.1) is 6.92 Å². The average molecular weight is 745 g/mol. The van der Waals surface area contributed by atoms with Crippen molar-refractivity contribution in [2.75, 3.05) is 0 Å². The van der Waals surface area contributed by atoms with Gasteiger partial charge >= 0.3 is 65.6 Å². The number of aromatic nitrogens is 2. The first-order valence-corrected chi connectivity index (χ1v) is 12.2. The fourth-order valence-corrected chi connectivity index (χ4v) is 3.16. The van der Waals surface area contributed by atoms with Crippen LogP contribution in [-0.2, 0) is 20.8 Å². The van der Waals surface area contributed by atoms with Crippen molar-refractivity contribution in [3.63, 3.8) is 0 Å². The van der Waals surface area contributed by atoms with E-state index >= 15 is 0 Å². The summed E-state index contributed by atoms with van der Waals surface area (Å²) in [7, 11) is 0. The molecule has 48 heavy (non-hydrogen) atoms. The van der Waals surface area contributed by atoms with Crippen molar-refractivity contribution in [2.24, 2.45) is 0 Å². The van der Waals surface area contributed by atoms with Crippen LogP contribution in [-0.4, -0.2) is 81.1 Å². The molecule has 0 aromatic carbocycles. The Morgan fingerprint density at radius 3 is 1.56 bits per heavy atom. The molecule has 1 aromatic rings. The maximum Gasteiger partial charge on any atom is 0.473 e. The summed E-state index contributed by atoms with van der Waals surface area (Å²) in [4.78, 5) is 49.4. The van der Waals surface area contributed by atoms with Crippen molar-refractivity contribution in [3.05, 3.63) is 32.6 Å². The van der Waals surface area contributed by atoms with Gasteiger partial charge in [-0.2, -0.15) is 74.6 Å². The van der Waals surface area contributed by atoms with Crippen molar-refractivity contribution in [3.8, 4) is 0 Å². The van der Waals surface area contributed by atoms with Crippen molar-refractivity contribution in [1.82, 2.24) is 14.9 Å². The lowest BCUT2D eigenvalue weighted by Gasteiger charge is -2.42. The van der Waals surface area contributed by atoms with Crippen LogP contribution < -0.4 is 16.6 Å². The summed E-state index contributed by atoms with van der Waals surface area (Å²) in [6, 6.07) is -2.86. The van der Waals surface area contributed by atoms with Crippen molar-refractivity contribution >= 4 is 12.1 Å². The van der Waals surface area contributed by atoms with E-state index in [0.717, 1.165) is 33.9 Å². The smallest absolute Gasteiger partial charge is 0.444 e. The highest BCUT2D eigenvalue weighted by atomic mass is 19.4. The molecule has 0 fully saturated rings. The van der Waals surface area contributed by atoms with Crippen LogP contribution in [0.3, 0.4) is 0 Å². The molecular formula is C22H20F17N3O6. The summed E-state index contributed by atoms with van der Waals surface area (Å²) in [5.74, 6) is -55.0. The summed E-state index contributed by atoms with van der Waals surface area (Å²) in [5, 5.41) is 1.36. The summed E-state index contributed by atoms with van der Waals surface area (Å²) in [5.41, 5.74) is -4.02. The van der Waals surface area contributed by atoms with Crippen LogP contribution in [0.1, 0.15) is 32.8 Å². The second-order valence-corrected chi connectivity index (χ2v) is 10.6. The fourth-order valence-electron chi connectivity index (χ4n) is 3.16. The predicted octanol–water partition coefficient (Wildman–Crippen LogP) is 5.64. The van der Waals surface area contributed by atoms with Crippen LogP contribution in [0.5, 0.6) is 0 Å². The predicted molar refractivity (Wildman–Crippen MR) is 121 cm³/mol. The summed E-state index contributed by atoms with van der Waals surface area (Å²) >= 11 is 0. The first kappa shape index (κ1) is 42.3. The number of carbonyl (C=O) groups excluding carboxylic acids is 2. The van der Waals surface area contributed by atoms with Gasteiger partial charge in [-0.15, -0.1) is 0 Å². The number of carbonyl (C=O) groups is 2. The summed E-state index contributed by atoms with van der Waals surface area (Å²) < 4.78 is 237. The number of nitrogens with zero attached hydrogens (tertiary/aromatic N) is 1. The minimum Gasteiger partial charge on any atom is -0.444 e. The number of amides is 1. The van der Waals surface area contributed by atoms with E-state index in [-0.39, 0.29) is 5.56 Å². The van der Waals surface area contributed by atoms with Gasteiger partial charge in [-0.25, -0.2) is 14.4 Å². The van der Waals surface area contributed by atoms with Crippen LogP contribution >= 0.6 is 0 Å². The average Bonchev–Trinajstić information content (AvgIpc) is 2.86. The molecule has 0 saturated carbocycles. The summed E-state index contributed by atoms with van der Waals surface area (Å²) in [6.07, 6.45) is -17.8. The number of halogens is 17. The molecule has 0 aliphatic heterocycles. The fraction of sp³-hybridized carbons (Fsp3) is 0.727. The molecule has 9 nitrogen and oxygen atoms in total. The van der Waals surface area contributed by atoms with E-state index in [0.29, 0.717) is 4.57 Å². The topological polar surface area (TPSA) is 119 Å². The van der Waals surface area contributed by atoms with Gasteiger partial charge in [0, 0.05) is 18.3 Å². The molecule has 0 spiro atoms. The van der Waals surface area contributed by atoms with Crippen LogP contribution in [0.2, 0.25) is 0 Å². The second-order valence-electron chi connectivity index (χ2n) is 10.6. The molecule has 2 N–H and O–H groups in total. The third-order valence-electron chi connectivity index (χ3n) is 5.75. The van der Waals surface area contributed by atoms with Gasteiger partial charge in [0.2, 0.25) is 0 Å². The molecule has 0 bridgehead atoms. The molecule has 1 heterocycles. The molecule has 1 amide bonds. The number of hydrogen-bond acceptors (Lipinski definition) is 6. The number of H-pyrrole nitrogens is 1. The Labute approximate surface area is 254 Å². The molecule has 0 saturated heterocycles. The zero-order chi connectivity index (χ0) is 38.5.